The van der Waals surface area contributed by atoms with E-state index in [4.69, 9.17) is 10.5 Å². The fourth-order valence-electron chi connectivity index (χ4n) is 5.53. The Kier molecular flexibility index (Phi) is 6.32. The molecule has 1 heterocycles. The molecule has 0 bridgehead atoms. The van der Waals surface area contributed by atoms with E-state index < -0.39 is 79.3 Å². The van der Waals surface area contributed by atoms with Gasteiger partial charge in [-0.15, -0.1) is 0 Å². The highest BCUT2D eigenvalue weighted by atomic mass is 32.2. The Hall–Kier alpha value is -3.50. The number of carbonyl (C=O) groups is 2. The highest BCUT2D eigenvalue weighted by Gasteiger charge is 2.75. The van der Waals surface area contributed by atoms with Crippen molar-refractivity contribution in [2.45, 2.75) is 41.7 Å². The molecule has 37 heavy (non-hydrogen) atoms. The van der Waals surface area contributed by atoms with E-state index >= 15 is 0 Å². The van der Waals surface area contributed by atoms with Crippen LogP contribution >= 0.6 is 0 Å². The van der Waals surface area contributed by atoms with Crippen molar-refractivity contribution >= 4 is 21.7 Å². The van der Waals surface area contributed by atoms with E-state index in [1.165, 1.54) is 18.3 Å². The molecule has 5 atom stereocenters. The van der Waals surface area contributed by atoms with Gasteiger partial charge in [-0.3, -0.25) is 14.6 Å². The monoisotopic (exact) mass is 537 g/mol. The molecule has 1 amide bonds. The molecule has 2 fully saturated rings. The van der Waals surface area contributed by atoms with Gasteiger partial charge in [0.05, 0.1) is 33.6 Å². The Bertz CT molecular complexity index is 1410. The number of nitrogens with two attached hydrogens (primary N) is 1. The molecule has 4 rings (SSSR count). The molecular formula is C24H22F3N3O6S. The molecule has 2 aliphatic rings. The van der Waals surface area contributed by atoms with Crippen LogP contribution in [0.3, 0.4) is 0 Å². The van der Waals surface area contributed by atoms with Crippen LogP contribution in [0.25, 0.3) is 11.3 Å². The number of carbonyl (C=O) groups excluding carboxylic acids is 1. The molecule has 2 aromatic rings. The molecule has 2 aliphatic carbocycles. The van der Waals surface area contributed by atoms with Crippen molar-refractivity contribution in [3.8, 4) is 17.3 Å². The second-order valence-electron chi connectivity index (χ2n) is 9.30. The Morgan fingerprint density at radius 3 is 2.43 bits per heavy atom. The largest absolute Gasteiger partial charge is 0.481 e. The molecule has 0 spiro atoms. The van der Waals surface area contributed by atoms with Crippen molar-refractivity contribution in [1.29, 1.82) is 5.26 Å². The number of primary amides is 1. The maximum atomic E-state index is 14.1. The number of carboxylic acids is 1. The second kappa shape index (κ2) is 8.81. The van der Waals surface area contributed by atoms with Crippen molar-refractivity contribution in [3.05, 3.63) is 48.2 Å². The Balaban J connectivity index is 1.80. The second-order valence-corrected chi connectivity index (χ2v) is 11.5. The van der Waals surface area contributed by atoms with Gasteiger partial charge in [-0.2, -0.15) is 18.4 Å². The van der Waals surface area contributed by atoms with Gasteiger partial charge in [0, 0.05) is 24.8 Å². The van der Waals surface area contributed by atoms with Crippen LogP contribution in [-0.2, 0) is 30.3 Å². The van der Waals surface area contributed by atoms with E-state index in [0.29, 0.717) is 6.07 Å². The third-order valence-corrected chi connectivity index (χ3v) is 9.72. The van der Waals surface area contributed by atoms with Crippen LogP contribution in [0.2, 0.25) is 0 Å². The van der Waals surface area contributed by atoms with E-state index in [-0.39, 0.29) is 17.7 Å². The summed E-state index contributed by atoms with van der Waals surface area (Å²) in [5.74, 6) is -3.72. The van der Waals surface area contributed by atoms with Crippen LogP contribution in [0.5, 0.6) is 0 Å². The molecule has 9 nitrogen and oxygen atoms in total. The normalized spacial score (nSPS) is 29.4. The van der Waals surface area contributed by atoms with Crippen LogP contribution in [-0.4, -0.2) is 48.8 Å². The van der Waals surface area contributed by atoms with Gasteiger partial charge < -0.3 is 15.6 Å². The van der Waals surface area contributed by atoms with Gasteiger partial charge in [0.2, 0.25) is 5.91 Å². The van der Waals surface area contributed by atoms with Crippen molar-refractivity contribution in [2.75, 3.05) is 7.11 Å². The number of hydrogen-bond acceptors (Lipinski definition) is 7. The van der Waals surface area contributed by atoms with Gasteiger partial charge in [-0.25, -0.2) is 8.42 Å². The number of methoxy groups -OCH3 is 1. The fourth-order valence-corrected chi connectivity index (χ4v) is 7.55. The summed E-state index contributed by atoms with van der Waals surface area (Å²) in [4.78, 5) is 27.5. The van der Waals surface area contributed by atoms with Gasteiger partial charge in [-0.05, 0) is 43.5 Å². The van der Waals surface area contributed by atoms with Crippen LogP contribution in [0.1, 0.15) is 24.8 Å². The lowest BCUT2D eigenvalue weighted by atomic mass is 9.75. The van der Waals surface area contributed by atoms with E-state index in [9.17, 15) is 41.5 Å². The van der Waals surface area contributed by atoms with Gasteiger partial charge >= 0.3 is 12.1 Å². The Morgan fingerprint density at radius 2 is 1.95 bits per heavy atom. The molecular weight excluding hydrogens is 515 g/mol. The molecule has 0 saturated heterocycles. The fraction of sp³-hybridized carbons (Fsp3) is 0.417. The minimum atomic E-state index is -5.05. The Morgan fingerprint density at radius 1 is 1.24 bits per heavy atom. The summed E-state index contributed by atoms with van der Waals surface area (Å²) in [6, 6.07) is 9.09. The van der Waals surface area contributed by atoms with Crippen LogP contribution in [0, 0.1) is 28.1 Å². The lowest BCUT2D eigenvalue weighted by Crippen LogP contribution is -2.44. The number of nitrogens with zero attached hydrogens (tertiary/aromatic N) is 2. The number of ether oxygens (including phenoxy) is 1. The predicted octanol–water partition coefficient (Wildman–Crippen LogP) is 2.80. The molecule has 196 valence electrons. The topological polar surface area (TPSA) is 160 Å². The quantitative estimate of drug-likeness (QED) is 0.545. The maximum Gasteiger partial charge on any atom is 0.417 e. The SMILES string of the molecule is CO[C@H]1C[C@@H](S(=O)(=O)c2ccc(-c3ccccn3)cc2C(F)(F)F)C[C@]1(C(=O)O)C1CC1(C#N)C(N)=O. The molecule has 2 saturated carbocycles. The first-order valence-electron chi connectivity index (χ1n) is 11.1. The van der Waals surface area contributed by atoms with E-state index in [2.05, 4.69) is 4.98 Å². The van der Waals surface area contributed by atoms with Crippen LogP contribution in [0.15, 0.2) is 47.5 Å². The zero-order valence-electron chi connectivity index (χ0n) is 19.4. The zero-order chi connectivity index (χ0) is 27.4. The van der Waals surface area contributed by atoms with Crippen molar-refractivity contribution in [1.82, 2.24) is 4.98 Å². The average molecular weight is 538 g/mol. The van der Waals surface area contributed by atoms with Crippen molar-refractivity contribution in [3.63, 3.8) is 0 Å². The number of alkyl halides is 3. The van der Waals surface area contributed by atoms with Gasteiger partial charge in [0.1, 0.15) is 10.8 Å². The number of rotatable bonds is 7. The first kappa shape index (κ1) is 26.6. The molecule has 0 radical (unpaired) electrons. The number of benzene rings is 1. The zero-order valence-corrected chi connectivity index (χ0v) is 20.2. The standard InChI is InChI=1S/C24H22F3N3O6S/c1-36-19-9-14(10-23(19,21(32)33)18-11-22(18,12-28)20(29)31)37(34,35)17-6-5-13(8-15(17)24(25,26)27)16-4-2-3-7-30-16/h2-8,14,18-19H,9-11H2,1H3,(H2,29,31)(H,32,33)/t14-,18?,19+,22?,23+/m1/s1. The van der Waals surface area contributed by atoms with Gasteiger partial charge in [-0.1, -0.05) is 12.1 Å². The third-order valence-electron chi connectivity index (χ3n) is 7.51. The van der Waals surface area contributed by atoms with Crippen LogP contribution < -0.4 is 5.73 Å². The lowest BCUT2D eigenvalue weighted by Gasteiger charge is -2.31. The summed E-state index contributed by atoms with van der Waals surface area (Å²) in [5.41, 5.74) is 0.352. The van der Waals surface area contributed by atoms with Gasteiger partial charge in [0.25, 0.3) is 0 Å². The summed E-state index contributed by atoms with van der Waals surface area (Å²) in [6.07, 6.45) is -6.26. The number of amides is 1. The molecule has 3 N–H and O–H groups in total. The summed E-state index contributed by atoms with van der Waals surface area (Å²) in [7, 11) is -3.61. The molecule has 13 heteroatoms. The average Bonchev–Trinajstić information content (AvgIpc) is 3.48. The minimum Gasteiger partial charge on any atom is -0.481 e. The number of sulfone groups is 1. The van der Waals surface area contributed by atoms with Crippen molar-refractivity contribution < 1.29 is 41.0 Å². The smallest absolute Gasteiger partial charge is 0.417 e. The van der Waals surface area contributed by atoms with E-state index in [1.54, 1.807) is 18.2 Å². The number of halogens is 3. The van der Waals surface area contributed by atoms with Gasteiger partial charge in [0.15, 0.2) is 9.84 Å². The third kappa shape index (κ3) is 4.04. The van der Waals surface area contributed by atoms with E-state index in [1.807, 2.05) is 0 Å². The maximum absolute atomic E-state index is 14.1. The summed E-state index contributed by atoms with van der Waals surface area (Å²) < 4.78 is 74.7. The first-order chi connectivity index (χ1) is 17.3. The Labute approximate surface area is 210 Å². The van der Waals surface area contributed by atoms with E-state index in [0.717, 1.165) is 13.2 Å². The first-order valence-corrected chi connectivity index (χ1v) is 12.6. The summed E-state index contributed by atoms with van der Waals surface area (Å²) >= 11 is 0. The van der Waals surface area contributed by atoms with Crippen LogP contribution in [0.4, 0.5) is 13.2 Å². The number of pyridine rings is 1. The molecule has 2 unspecified atom stereocenters. The number of aliphatic carboxylic acids is 1. The number of hydrogen-bond donors (Lipinski definition) is 2. The molecule has 1 aromatic carbocycles. The summed E-state index contributed by atoms with van der Waals surface area (Å²) in [6.45, 7) is 0. The lowest BCUT2D eigenvalue weighted by molar-refractivity contribution is -0.159. The minimum absolute atomic E-state index is 0.0474. The highest BCUT2D eigenvalue weighted by molar-refractivity contribution is 7.92. The molecule has 0 aliphatic heterocycles. The molecule has 1 aromatic heterocycles. The predicted molar refractivity (Wildman–Crippen MR) is 121 cm³/mol. The number of aromatic nitrogens is 1. The van der Waals surface area contributed by atoms with Crippen molar-refractivity contribution in [2.24, 2.45) is 22.5 Å². The summed E-state index contributed by atoms with van der Waals surface area (Å²) in [5, 5.41) is 18.1. The number of carboxylic acid groups (broad SMARTS) is 1. The highest BCUT2D eigenvalue weighted by Crippen LogP contribution is 2.66. The number of nitriles is 1.